The van der Waals surface area contributed by atoms with Gasteiger partial charge in [-0.25, -0.2) is 0 Å². The van der Waals surface area contributed by atoms with Gasteiger partial charge in [0.2, 0.25) is 5.91 Å². The molecule has 1 aliphatic rings. The molecule has 0 spiro atoms. The van der Waals surface area contributed by atoms with E-state index in [1.807, 2.05) is 17.9 Å². The molecule has 1 amide bonds. The van der Waals surface area contributed by atoms with Crippen LogP contribution in [0.2, 0.25) is 0 Å². The van der Waals surface area contributed by atoms with E-state index in [1.165, 1.54) is 5.56 Å². The van der Waals surface area contributed by atoms with Crippen molar-refractivity contribution in [2.24, 2.45) is 11.7 Å². The number of hydrogen-bond acceptors (Lipinski definition) is 3. The number of nitrogens with zero attached hydrogens (tertiary/aromatic N) is 2. The summed E-state index contributed by atoms with van der Waals surface area (Å²) in [7, 11) is 0. The van der Waals surface area contributed by atoms with Crippen LogP contribution in [0, 0.1) is 5.92 Å². The van der Waals surface area contributed by atoms with Crippen molar-refractivity contribution in [2.45, 2.75) is 32.9 Å². The number of amides is 1. The Morgan fingerprint density at radius 2 is 1.81 bits per heavy atom. The van der Waals surface area contributed by atoms with Crippen molar-refractivity contribution in [1.82, 2.24) is 9.80 Å². The smallest absolute Gasteiger partial charge is 0.239 e. The molecule has 1 heterocycles. The zero-order chi connectivity index (χ0) is 15.2. The molecular weight excluding hydrogens is 262 g/mol. The van der Waals surface area contributed by atoms with Gasteiger partial charge >= 0.3 is 0 Å². The minimum absolute atomic E-state index is 0.115. The fourth-order valence-corrected chi connectivity index (χ4v) is 2.68. The van der Waals surface area contributed by atoms with Crippen molar-refractivity contribution in [2.75, 3.05) is 26.2 Å². The molecule has 4 nitrogen and oxygen atoms in total. The Morgan fingerprint density at radius 1 is 1.19 bits per heavy atom. The Hall–Kier alpha value is -1.39. The molecule has 1 aromatic carbocycles. The van der Waals surface area contributed by atoms with Crippen LogP contribution in [0.1, 0.15) is 25.8 Å². The summed E-state index contributed by atoms with van der Waals surface area (Å²) in [6.45, 7) is 8.51. The van der Waals surface area contributed by atoms with E-state index in [-0.39, 0.29) is 17.9 Å². The first-order valence-electron chi connectivity index (χ1n) is 7.92. The lowest BCUT2D eigenvalue weighted by molar-refractivity contribution is -0.135. The maximum atomic E-state index is 12.3. The van der Waals surface area contributed by atoms with Crippen molar-refractivity contribution in [3.63, 3.8) is 0 Å². The van der Waals surface area contributed by atoms with Gasteiger partial charge in [-0.05, 0) is 11.5 Å². The summed E-state index contributed by atoms with van der Waals surface area (Å²) in [6.07, 6.45) is 0.945. The largest absolute Gasteiger partial charge is 0.339 e. The van der Waals surface area contributed by atoms with Crippen molar-refractivity contribution >= 4 is 5.91 Å². The van der Waals surface area contributed by atoms with Crippen molar-refractivity contribution in [3.8, 4) is 0 Å². The first-order chi connectivity index (χ1) is 10.1. The Bertz CT molecular complexity index is 441. The maximum absolute atomic E-state index is 12.3. The first kappa shape index (κ1) is 16.0. The van der Waals surface area contributed by atoms with E-state index in [4.69, 9.17) is 5.73 Å². The topological polar surface area (TPSA) is 49.6 Å². The first-order valence-corrected chi connectivity index (χ1v) is 7.92. The summed E-state index contributed by atoms with van der Waals surface area (Å²) in [4.78, 5) is 16.7. The predicted molar refractivity (Wildman–Crippen MR) is 85.7 cm³/mol. The van der Waals surface area contributed by atoms with Crippen LogP contribution >= 0.6 is 0 Å². The quantitative estimate of drug-likeness (QED) is 0.897. The molecule has 116 valence electrons. The van der Waals surface area contributed by atoms with Gasteiger partial charge in [0.1, 0.15) is 0 Å². The van der Waals surface area contributed by atoms with Crippen LogP contribution in [0.15, 0.2) is 30.3 Å². The lowest BCUT2D eigenvalue weighted by Gasteiger charge is -2.36. The highest BCUT2D eigenvalue weighted by Crippen LogP contribution is 2.12. The van der Waals surface area contributed by atoms with Gasteiger partial charge in [0.05, 0.1) is 6.04 Å². The van der Waals surface area contributed by atoms with Crippen molar-refractivity contribution in [1.29, 1.82) is 0 Å². The van der Waals surface area contributed by atoms with Gasteiger partial charge in [0.25, 0.3) is 0 Å². The highest BCUT2D eigenvalue weighted by molar-refractivity contribution is 5.82. The van der Waals surface area contributed by atoms with Gasteiger partial charge in [-0.2, -0.15) is 0 Å². The molecule has 4 heteroatoms. The molecule has 1 fully saturated rings. The number of carbonyl (C=O) groups excluding carboxylic acids is 1. The van der Waals surface area contributed by atoms with Crippen molar-refractivity contribution < 1.29 is 4.79 Å². The highest BCUT2D eigenvalue weighted by atomic mass is 16.2. The van der Waals surface area contributed by atoms with E-state index < -0.39 is 0 Å². The second kappa shape index (κ2) is 7.57. The van der Waals surface area contributed by atoms with Crippen LogP contribution in [-0.4, -0.2) is 47.9 Å². The molecule has 0 aliphatic carbocycles. The molecule has 1 saturated heterocycles. The molecule has 2 atom stereocenters. The fourth-order valence-electron chi connectivity index (χ4n) is 2.68. The number of piperazine rings is 1. The van der Waals surface area contributed by atoms with E-state index >= 15 is 0 Å². The molecule has 0 radical (unpaired) electrons. The minimum atomic E-state index is -0.351. The third-order valence-electron chi connectivity index (χ3n) is 4.48. The molecule has 0 saturated carbocycles. The summed E-state index contributed by atoms with van der Waals surface area (Å²) in [6, 6.07) is 10.1. The standard InChI is InChI=1S/C17H27N3O/c1-3-14(2)16(18)17(21)20-11-9-19(10-12-20)13-15-7-5-4-6-8-15/h4-8,14,16H,3,9-13,18H2,1-2H3/t14?,16-/m0/s1. The number of rotatable bonds is 5. The lowest BCUT2D eigenvalue weighted by atomic mass is 9.98. The summed E-state index contributed by atoms with van der Waals surface area (Å²) in [5.41, 5.74) is 7.38. The van der Waals surface area contributed by atoms with Crippen LogP contribution < -0.4 is 5.73 Å². The SMILES string of the molecule is CCC(C)[C@H](N)C(=O)N1CCN(Cc2ccccc2)CC1. The summed E-state index contributed by atoms with van der Waals surface area (Å²) in [5, 5.41) is 0. The zero-order valence-electron chi connectivity index (χ0n) is 13.2. The average molecular weight is 289 g/mol. The Labute approximate surface area is 127 Å². The third-order valence-corrected chi connectivity index (χ3v) is 4.48. The highest BCUT2D eigenvalue weighted by Gasteiger charge is 2.27. The number of benzene rings is 1. The van der Waals surface area contributed by atoms with Crippen LogP contribution in [-0.2, 0) is 11.3 Å². The van der Waals surface area contributed by atoms with E-state index in [0.717, 1.165) is 39.1 Å². The monoisotopic (exact) mass is 289 g/mol. The Kier molecular flexibility index (Phi) is 5.76. The lowest BCUT2D eigenvalue weighted by Crippen LogP contribution is -2.54. The van der Waals surface area contributed by atoms with Crippen LogP contribution in [0.25, 0.3) is 0 Å². The second-order valence-electron chi connectivity index (χ2n) is 6.00. The summed E-state index contributed by atoms with van der Waals surface area (Å²) < 4.78 is 0. The fraction of sp³-hybridized carbons (Fsp3) is 0.588. The Morgan fingerprint density at radius 3 is 2.38 bits per heavy atom. The van der Waals surface area contributed by atoms with Crippen LogP contribution in [0.3, 0.4) is 0 Å². The minimum Gasteiger partial charge on any atom is -0.339 e. The average Bonchev–Trinajstić information content (AvgIpc) is 2.54. The molecule has 1 aliphatic heterocycles. The molecule has 0 bridgehead atoms. The van der Waals surface area contributed by atoms with Crippen molar-refractivity contribution in [3.05, 3.63) is 35.9 Å². The molecule has 21 heavy (non-hydrogen) atoms. The van der Waals surface area contributed by atoms with E-state index in [0.29, 0.717) is 0 Å². The Balaban J connectivity index is 1.81. The predicted octanol–water partition coefficient (Wildman–Crippen LogP) is 1.70. The maximum Gasteiger partial charge on any atom is 0.239 e. The van der Waals surface area contributed by atoms with Gasteiger partial charge in [-0.15, -0.1) is 0 Å². The molecule has 1 unspecified atom stereocenters. The van der Waals surface area contributed by atoms with Gasteiger partial charge in [0, 0.05) is 32.7 Å². The molecule has 2 N–H and O–H groups in total. The summed E-state index contributed by atoms with van der Waals surface area (Å²) in [5.74, 6) is 0.364. The molecule has 0 aromatic heterocycles. The van der Waals surface area contributed by atoms with Crippen LogP contribution in [0.5, 0.6) is 0 Å². The van der Waals surface area contributed by atoms with E-state index in [2.05, 4.69) is 36.1 Å². The van der Waals surface area contributed by atoms with E-state index in [1.54, 1.807) is 0 Å². The molecule has 2 rings (SSSR count). The summed E-state index contributed by atoms with van der Waals surface area (Å²) >= 11 is 0. The van der Waals surface area contributed by atoms with Gasteiger partial charge in [-0.1, -0.05) is 50.6 Å². The molecule has 1 aromatic rings. The van der Waals surface area contributed by atoms with Gasteiger partial charge in [-0.3, -0.25) is 9.69 Å². The number of hydrogen-bond donors (Lipinski definition) is 1. The number of carbonyl (C=O) groups is 1. The van der Waals surface area contributed by atoms with Gasteiger partial charge in [0.15, 0.2) is 0 Å². The molecular formula is C17H27N3O. The normalized spacial score (nSPS) is 19.3. The second-order valence-corrected chi connectivity index (χ2v) is 6.00. The zero-order valence-corrected chi connectivity index (χ0v) is 13.2. The van der Waals surface area contributed by atoms with Crippen LogP contribution in [0.4, 0.5) is 0 Å². The van der Waals surface area contributed by atoms with E-state index in [9.17, 15) is 4.79 Å². The number of nitrogens with two attached hydrogens (primary N) is 1. The van der Waals surface area contributed by atoms with Gasteiger partial charge < -0.3 is 10.6 Å². The third kappa shape index (κ3) is 4.29.